The second-order valence-corrected chi connectivity index (χ2v) is 4.05. The van der Waals surface area contributed by atoms with Gasteiger partial charge >= 0.3 is 5.97 Å². The molecule has 1 amide bonds. The van der Waals surface area contributed by atoms with Gasteiger partial charge in [0.15, 0.2) is 0 Å². The van der Waals surface area contributed by atoms with Gasteiger partial charge in [-0.15, -0.1) is 0 Å². The predicted octanol–water partition coefficient (Wildman–Crippen LogP) is 1.12. The molecule has 0 aliphatic heterocycles. The van der Waals surface area contributed by atoms with Crippen LogP contribution in [-0.2, 0) is 16.0 Å². The Morgan fingerprint density at radius 1 is 1.47 bits per heavy atom. The number of carboxylic acid groups (broad SMARTS) is 1. The minimum Gasteiger partial charge on any atom is -0.480 e. The first-order valence-electron chi connectivity index (χ1n) is 5.65. The van der Waals surface area contributed by atoms with Crippen LogP contribution in [-0.4, -0.2) is 27.9 Å². The van der Waals surface area contributed by atoms with Crippen LogP contribution in [0.5, 0.6) is 0 Å². The summed E-state index contributed by atoms with van der Waals surface area (Å²) in [4.78, 5) is 32.0. The summed E-state index contributed by atoms with van der Waals surface area (Å²) in [6.07, 6.45) is 0.401. The molecule has 0 aliphatic carbocycles. The molecule has 102 valence electrons. The molecular formula is C12H14N2O5. The number of aryl methyl sites for hydroxylation is 1. The van der Waals surface area contributed by atoms with Gasteiger partial charge in [-0.1, -0.05) is 12.1 Å². The molecule has 0 bridgehead atoms. The lowest BCUT2D eigenvalue weighted by atomic mass is 10.1. The lowest BCUT2D eigenvalue weighted by Gasteiger charge is -2.08. The average Bonchev–Trinajstić information content (AvgIpc) is 2.36. The molecule has 0 fully saturated rings. The molecule has 7 nitrogen and oxygen atoms in total. The first-order valence-corrected chi connectivity index (χ1v) is 5.65. The summed E-state index contributed by atoms with van der Waals surface area (Å²) in [6, 6.07) is 5.05. The topological polar surface area (TPSA) is 110 Å². The second-order valence-electron chi connectivity index (χ2n) is 4.05. The fourth-order valence-corrected chi connectivity index (χ4v) is 1.46. The summed E-state index contributed by atoms with van der Waals surface area (Å²) in [6.45, 7) is 1.37. The Morgan fingerprint density at radius 2 is 2.16 bits per heavy atom. The molecule has 0 saturated heterocycles. The second kappa shape index (κ2) is 6.48. The Kier molecular flexibility index (Phi) is 4.99. The molecular weight excluding hydrogens is 252 g/mol. The van der Waals surface area contributed by atoms with E-state index < -0.39 is 22.8 Å². The number of amides is 1. The molecule has 19 heavy (non-hydrogen) atoms. The smallest absolute Gasteiger partial charge is 0.325 e. The highest BCUT2D eigenvalue weighted by Crippen LogP contribution is 2.14. The standard InChI is InChI=1S/C12H14N2O5/c1-8(12(16)17)13-11(15)6-5-9-3-2-4-10(7-9)14(18)19/h2-4,7-8H,5-6H2,1H3,(H,13,15)(H,16,17)/t8-/m0/s1. The highest BCUT2D eigenvalue weighted by atomic mass is 16.6. The Morgan fingerprint density at radius 3 is 2.74 bits per heavy atom. The van der Waals surface area contributed by atoms with Gasteiger partial charge in [-0.3, -0.25) is 19.7 Å². The van der Waals surface area contributed by atoms with E-state index in [-0.39, 0.29) is 12.1 Å². The lowest BCUT2D eigenvalue weighted by Crippen LogP contribution is -2.38. The molecule has 0 saturated carbocycles. The molecule has 1 atom stereocenters. The first-order chi connectivity index (χ1) is 8.90. The van der Waals surface area contributed by atoms with E-state index in [4.69, 9.17) is 5.11 Å². The number of nitro groups is 1. The monoisotopic (exact) mass is 266 g/mol. The Labute approximate surface area is 109 Å². The molecule has 1 rings (SSSR count). The number of nitrogens with one attached hydrogen (secondary N) is 1. The summed E-state index contributed by atoms with van der Waals surface area (Å²) in [5.41, 5.74) is 0.629. The van der Waals surface area contributed by atoms with Crippen LogP contribution in [0.2, 0.25) is 0 Å². The molecule has 0 aliphatic rings. The van der Waals surface area contributed by atoms with Gasteiger partial charge in [-0.05, 0) is 18.9 Å². The van der Waals surface area contributed by atoms with E-state index in [1.807, 2.05) is 0 Å². The van der Waals surface area contributed by atoms with Crippen molar-refractivity contribution >= 4 is 17.6 Å². The third-order valence-corrected chi connectivity index (χ3v) is 2.51. The summed E-state index contributed by atoms with van der Waals surface area (Å²) in [5, 5.41) is 21.5. The van der Waals surface area contributed by atoms with Gasteiger partial charge in [0.05, 0.1) is 4.92 Å². The van der Waals surface area contributed by atoms with E-state index in [1.54, 1.807) is 12.1 Å². The van der Waals surface area contributed by atoms with Crippen molar-refractivity contribution in [2.24, 2.45) is 0 Å². The van der Waals surface area contributed by atoms with Crippen molar-refractivity contribution in [3.63, 3.8) is 0 Å². The molecule has 1 aromatic rings. The number of hydrogen-bond donors (Lipinski definition) is 2. The zero-order valence-electron chi connectivity index (χ0n) is 10.3. The number of carboxylic acids is 1. The van der Waals surface area contributed by atoms with E-state index in [1.165, 1.54) is 19.1 Å². The van der Waals surface area contributed by atoms with Crippen LogP contribution in [0.3, 0.4) is 0 Å². The summed E-state index contributed by atoms with van der Waals surface area (Å²) < 4.78 is 0. The van der Waals surface area contributed by atoms with E-state index in [2.05, 4.69) is 5.32 Å². The Hall–Kier alpha value is -2.44. The van der Waals surface area contributed by atoms with Crippen LogP contribution >= 0.6 is 0 Å². The number of benzene rings is 1. The van der Waals surface area contributed by atoms with Crippen molar-refractivity contribution in [3.05, 3.63) is 39.9 Å². The first kappa shape index (κ1) is 14.6. The maximum Gasteiger partial charge on any atom is 0.325 e. The zero-order valence-corrected chi connectivity index (χ0v) is 10.3. The number of aliphatic carboxylic acids is 1. The Balaban J connectivity index is 2.53. The van der Waals surface area contributed by atoms with E-state index >= 15 is 0 Å². The van der Waals surface area contributed by atoms with Crippen LogP contribution in [0.4, 0.5) is 5.69 Å². The zero-order chi connectivity index (χ0) is 14.4. The van der Waals surface area contributed by atoms with Crippen LogP contribution in [0.15, 0.2) is 24.3 Å². The van der Waals surface area contributed by atoms with Gasteiger partial charge in [0.1, 0.15) is 6.04 Å². The van der Waals surface area contributed by atoms with Crippen LogP contribution in [0.1, 0.15) is 18.9 Å². The van der Waals surface area contributed by atoms with E-state index in [0.29, 0.717) is 12.0 Å². The summed E-state index contributed by atoms with van der Waals surface area (Å²) in [5.74, 6) is -1.51. The van der Waals surface area contributed by atoms with E-state index in [0.717, 1.165) is 0 Å². The number of non-ortho nitro benzene ring substituents is 1. The fourth-order valence-electron chi connectivity index (χ4n) is 1.46. The lowest BCUT2D eigenvalue weighted by molar-refractivity contribution is -0.384. The maximum atomic E-state index is 11.4. The van der Waals surface area contributed by atoms with Crippen LogP contribution < -0.4 is 5.32 Å². The van der Waals surface area contributed by atoms with Crippen molar-refractivity contribution in [1.82, 2.24) is 5.32 Å². The molecule has 0 spiro atoms. The number of rotatable bonds is 6. The van der Waals surface area contributed by atoms with Crippen molar-refractivity contribution < 1.29 is 19.6 Å². The minimum atomic E-state index is -1.11. The van der Waals surface area contributed by atoms with Gasteiger partial charge in [0.2, 0.25) is 5.91 Å². The predicted molar refractivity (Wildman–Crippen MR) is 66.7 cm³/mol. The molecule has 0 aromatic heterocycles. The van der Waals surface area contributed by atoms with E-state index in [9.17, 15) is 19.7 Å². The molecule has 2 N–H and O–H groups in total. The van der Waals surface area contributed by atoms with Crippen LogP contribution in [0.25, 0.3) is 0 Å². The molecule has 0 heterocycles. The highest BCUT2D eigenvalue weighted by Gasteiger charge is 2.14. The highest BCUT2D eigenvalue weighted by molar-refractivity contribution is 5.83. The average molecular weight is 266 g/mol. The van der Waals surface area contributed by atoms with Crippen molar-refractivity contribution in [2.75, 3.05) is 0 Å². The SMILES string of the molecule is C[C@H](NC(=O)CCc1cccc([N+](=O)[O-])c1)C(=O)O. The molecule has 0 radical (unpaired) electrons. The van der Waals surface area contributed by atoms with Gasteiger partial charge in [0, 0.05) is 18.6 Å². The quantitative estimate of drug-likeness (QED) is 0.592. The van der Waals surface area contributed by atoms with Gasteiger partial charge in [-0.25, -0.2) is 0 Å². The Bertz CT molecular complexity index is 501. The molecule has 7 heteroatoms. The number of carbonyl (C=O) groups excluding carboxylic acids is 1. The van der Waals surface area contributed by atoms with Gasteiger partial charge in [0.25, 0.3) is 5.69 Å². The van der Waals surface area contributed by atoms with Gasteiger partial charge in [-0.2, -0.15) is 0 Å². The van der Waals surface area contributed by atoms with Crippen LogP contribution in [0, 0.1) is 10.1 Å². The molecule has 0 unspecified atom stereocenters. The number of carbonyl (C=O) groups is 2. The molecule has 1 aromatic carbocycles. The normalized spacial score (nSPS) is 11.6. The van der Waals surface area contributed by atoms with Crippen molar-refractivity contribution in [1.29, 1.82) is 0 Å². The third-order valence-electron chi connectivity index (χ3n) is 2.51. The maximum absolute atomic E-state index is 11.4. The van der Waals surface area contributed by atoms with Gasteiger partial charge < -0.3 is 10.4 Å². The summed E-state index contributed by atoms with van der Waals surface area (Å²) >= 11 is 0. The van der Waals surface area contributed by atoms with Crippen molar-refractivity contribution in [3.8, 4) is 0 Å². The van der Waals surface area contributed by atoms with Crippen molar-refractivity contribution in [2.45, 2.75) is 25.8 Å². The summed E-state index contributed by atoms with van der Waals surface area (Å²) in [7, 11) is 0. The minimum absolute atomic E-state index is 0.0307. The third kappa shape index (κ3) is 4.74. The largest absolute Gasteiger partial charge is 0.480 e. The number of nitro benzene ring substituents is 1. The number of nitrogens with zero attached hydrogens (tertiary/aromatic N) is 1. The number of hydrogen-bond acceptors (Lipinski definition) is 4. The fraction of sp³-hybridized carbons (Fsp3) is 0.333.